The Morgan fingerprint density at radius 3 is 2.61 bits per heavy atom. The van der Waals surface area contributed by atoms with Gasteiger partial charge in [-0.15, -0.1) is 0 Å². The summed E-state index contributed by atoms with van der Waals surface area (Å²) in [6.07, 6.45) is 2.87. The van der Waals surface area contributed by atoms with Crippen molar-refractivity contribution < 1.29 is 9.18 Å². The van der Waals surface area contributed by atoms with Crippen molar-refractivity contribution >= 4 is 40.4 Å². The van der Waals surface area contributed by atoms with Crippen LogP contribution in [-0.2, 0) is 4.79 Å². The fraction of sp³-hybridized carbons (Fsp3) is 0.250. The Kier molecular flexibility index (Phi) is 5.96. The maximum atomic E-state index is 15.1. The molecule has 2 aromatic rings. The largest absolute Gasteiger partial charge is 0.396 e. The van der Waals surface area contributed by atoms with Crippen molar-refractivity contribution in [2.75, 3.05) is 31.9 Å². The Morgan fingerprint density at radius 1 is 1.36 bits per heavy atom. The van der Waals surface area contributed by atoms with E-state index in [1.807, 2.05) is 17.9 Å². The summed E-state index contributed by atoms with van der Waals surface area (Å²) < 4.78 is 15.1. The summed E-state index contributed by atoms with van der Waals surface area (Å²) in [5, 5.41) is 0.200. The predicted octanol–water partition coefficient (Wildman–Crippen LogP) is 3.44. The lowest BCUT2D eigenvalue weighted by Crippen LogP contribution is -2.50. The second-order valence-corrected chi connectivity index (χ2v) is 7.29. The molecule has 28 heavy (non-hydrogen) atoms. The molecule has 0 radical (unpaired) electrons. The van der Waals surface area contributed by atoms with Gasteiger partial charge < -0.3 is 15.5 Å². The lowest BCUT2D eigenvalue weighted by atomic mass is 10.0. The standard InChI is InChI=1S/C20H20ClFN4OS/c1-3-15(27)25-7-9-26(10-8-25)20(28)13-11-14(21)16(17(22)18(13)23)19-12(2)5-4-6-24-19/h3-6,11H,1,7-10,23H2,2H3. The molecule has 0 saturated carbocycles. The van der Waals surface area contributed by atoms with Crippen LogP contribution in [0.1, 0.15) is 11.1 Å². The first-order valence-electron chi connectivity index (χ1n) is 8.75. The van der Waals surface area contributed by atoms with Crippen molar-refractivity contribution in [2.45, 2.75) is 6.92 Å². The molecule has 5 nitrogen and oxygen atoms in total. The number of hydrogen-bond donors (Lipinski definition) is 1. The van der Waals surface area contributed by atoms with Gasteiger partial charge in [-0.05, 0) is 30.7 Å². The molecule has 2 N–H and O–H groups in total. The lowest BCUT2D eigenvalue weighted by molar-refractivity contribution is -0.127. The molecule has 146 valence electrons. The number of hydrogen-bond acceptors (Lipinski definition) is 4. The van der Waals surface area contributed by atoms with Gasteiger partial charge in [-0.3, -0.25) is 9.78 Å². The molecule has 1 aliphatic rings. The van der Waals surface area contributed by atoms with E-state index in [2.05, 4.69) is 11.6 Å². The number of thiocarbonyl (C=S) groups is 1. The Labute approximate surface area is 173 Å². The number of aromatic nitrogens is 1. The molecular formula is C20H20ClFN4OS. The molecule has 1 amide bonds. The van der Waals surface area contributed by atoms with Gasteiger partial charge in [0.15, 0.2) is 5.82 Å². The molecule has 2 heterocycles. The van der Waals surface area contributed by atoms with Gasteiger partial charge in [-0.1, -0.05) is 36.5 Å². The van der Waals surface area contributed by atoms with Crippen molar-refractivity contribution in [3.63, 3.8) is 0 Å². The van der Waals surface area contributed by atoms with Crippen LogP contribution >= 0.6 is 23.8 Å². The van der Waals surface area contributed by atoms with Crippen LogP contribution in [0.15, 0.2) is 37.1 Å². The van der Waals surface area contributed by atoms with E-state index in [0.29, 0.717) is 42.4 Å². The summed E-state index contributed by atoms with van der Waals surface area (Å²) in [7, 11) is 0. The van der Waals surface area contributed by atoms with E-state index in [-0.39, 0.29) is 22.2 Å². The van der Waals surface area contributed by atoms with Crippen LogP contribution in [0.25, 0.3) is 11.3 Å². The van der Waals surface area contributed by atoms with Crippen molar-refractivity contribution in [1.82, 2.24) is 14.8 Å². The second kappa shape index (κ2) is 8.24. The first-order valence-corrected chi connectivity index (χ1v) is 9.53. The second-order valence-electron chi connectivity index (χ2n) is 6.50. The number of halogens is 2. The number of rotatable bonds is 3. The van der Waals surface area contributed by atoms with E-state index in [1.165, 1.54) is 6.08 Å². The average Bonchev–Trinajstić information content (AvgIpc) is 2.71. The summed E-state index contributed by atoms with van der Waals surface area (Å²) in [4.78, 5) is 20.0. The zero-order chi connectivity index (χ0) is 20.4. The number of amides is 1. The molecule has 3 rings (SSSR count). The van der Waals surface area contributed by atoms with Crippen molar-refractivity contribution in [3.8, 4) is 11.3 Å². The zero-order valence-corrected chi connectivity index (χ0v) is 17.0. The number of piperazine rings is 1. The van der Waals surface area contributed by atoms with Crippen LogP contribution in [-0.4, -0.2) is 51.9 Å². The normalized spacial score (nSPS) is 14.1. The first-order chi connectivity index (χ1) is 13.3. The van der Waals surface area contributed by atoms with Gasteiger partial charge in [0.1, 0.15) is 4.99 Å². The van der Waals surface area contributed by atoms with Crippen LogP contribution < -0.4 is 5.73 Å². The van der Waals surface area contributed by atoms with Crippen LogP contribution in [0.3, 0.4) is 0 Å². The highest BCUT2D eigenvalue weighted by Gasteiger charge is 2.26. The highest BCUT2D eigenvalue weighted by molar-refractivity contribution is 7.80. The van der Waals surface area contributed by atoms with E-state index < -0.39 is 5.82 Å². The molecule has 0 unspecified atom stereocenters. The highest BCUT2D eigenvalue weighted by Crippen LogP contribution is 2.36. The summed E-state index contributed by atoms with van der Waals surface area (Å²) in [6.45, 7) is 7.39. The predicted molar refractivity (Wildman–Crippen MR) is 114 cm³/mol. The minimum Gasteiger partial charge on any atom is -0.396 e. The molecule has 0 spiro atoms. The van der Waals surface area contributed by atoms with Gasteiger partial charge in [0, 0.05) is 37.9 Å². The molecule has 0 atom stereocenters. The topological polar surface area (TPSA) is 62.5 Å². The Bertz CT molecular complexity index is 957. The Hall–Kier alpha value is -2.51. The van der Waals surface area contributed by atoms with Crippen molar-refractivity contribution in [1.29, 1.82) is 0 Å². The quantitative estimate of drug-likeness (QED) is 0.470. The number of pyridine rings is 1. The molecule has 1 aromatic carbocycles. The molecule has 0 bridgehead atoms. The minimum absolute atomic E-state index is 0.0564. The van der Waals surface area contributed by atoms with Gasteiger partial charge in [0.25, 0.3) is 0 Å². The number of carbonyl (C=O) groups excluding carboxylic acids is 1. The van der Waals surface area contributed by atoms with E-state index >= 15 is 4.39 Å². The number of nitrogen functional groups attached to an aromatic ring is 1. The van der Waals surface area contributed by atoms with E-state index in [4.69, 9.17) is 29.6 Å². The molecular weight excluding hydrogens is 399 g/mol. The number of aryl methyl sites for hydroxylation is 1. The van der Waals surface area contributed by atoms with Crippen LogP contribution in [0.5, 0.6) is 0 Å². The third kappa shape index (κ3) is 3.72. The van der Waals surface area contributed by atoms with Gasteiger partial charge in [0.05, 0.1) is 22.0 Å². The van der Waals surface area contributed by atoms with Crippen LogP contribution in [0.2, 0.25) is 5.02 Å². The third-order valence-corrected chi connectivity index (χ3v) is 5.56. The van der Waals surface area contributed by atoms with E-state index in [0.717, 1.165) is 5.56 Å². The minimum atomic E-state index is -0.632. The van der Waals surface area contributed by atoms with Crippen LogP contribution in [0.4, 0.5) is 10.1 Å². The van der Waals surface area contributed by atoms with Crippen molar-refractivity contribution in [3.05, 3.63) is 59.0 Å². The molecule has 0 aliphatic carbocycles. The summed E-state index contributed by atoms with van der Waals surface area (Å²) in [6, 6.07) is 5.19. The van der Waals surface area contributed by atoms with Gasteiger partial charge >= 0.3 is 0 Å². The maximum Gasteiger partial charge on any atom is 0.246 e. The third-order valence-electron chi connectivity index (χ3n) is 4.79. The summed E-state index contributed by atoms with van der Waals surface area (Å²) in [5.41, 5.74) is 7.82. The van der Waals surface area contributed by atoms with Crippen LogP contribution in [0, 0.1) is 12.7 Å². The Balaban J connectivity index is 1.90. The number of nitrogens with two attached hydrogens (primary N) is 1. The molecule has 1 saturated heterocycles. The molecule has 1 fully saturated rings. The molecule has 8 heteroatoms. The number of anilines is 1. The summed E-state index contributed by atoms with van der Waals surface area (Å²) >= 11 is 11.9. The van der Waals surface area contributed by atoms with Gasteiger partial charge in [-0.25, -0.2) is 4.39 Å². The number of benzene rings is 1. The fourth-order valence-corrected chi connectivity index (χ4v) is 3.84. The number of carbonyl (C=O) groups is 1. The molecule has 1 aromatic heterocycles. The maximum absolute atomic E-state index is 15.1. The summed E-state index contributed by atoms with van der Waals surface area (Å²) in [5.74, 6) is -0.749. The van der Waals surface area contributed by atoms with Gasteiger partial charge in [0.2, 0.25) is 5.91 Å². The number of nitrogens with zero attached hydrogens (tertiary/aromatic N) is 3. The van der Waals surface area contributed by atoms with Gasteiger partial charge in [-0.2, -0.15) is 0 Å². The fourth-order valence-electron chi connectivity index (χ4n) is 3.21. The molecule has 1 aliphatic heterocycles. The average molecular weight is 419 g/mol. The lowest BCUT2D eigenvalue weighted by Gasteiger charge is -2.36. The highest BCUT2D eigenvalue weighted by atomic mass is 35.5. The first kappa shape index (κ1) is 20.2. The van der Waals surface area contributed by atoms with Crippen molar-refractivity contribution in [2.24, 2.45) is 0 Å². The monoisotopic (exact) mass is 418 g/mol. The Morgan fingerprint density at radius 2 is 2.00 bits per heavy atom. The SMILES string of the molecule is C=CC(=O)N1CCN(C(=S)c2cc(Cl)c(-c3ncccc3C)c(F)c2N)CC1. The van der Waals surface area contributed by atoms with E-state index in [1.54, 1.807) is 23.2 Å². The smallest absolute Gasteiger partial charge is 0.246 e. The zero-order valence-electron chi connectivity index (χ0n) is 15.4. The van der Waals surface area contributed by atoms with E-state index in [9.17, 15) is 4.79 Å².